The van der Waals surface area contributed by atoms with Gasteiger partial charge in [0.2, 0.25) is 5.54 Å². The number of imide groups is 1. The molecule has 3 heterocycles. The summed E-state index contributed by atoms with van der Waals surface area (Å²) in [6.45, 7) is -0.157. The average molecular weight is 448 g/mol. The lowest BCUT2D eigenvalue weighted by Gasteiger charge is -2.20. The van der Waals surface area contributed by atoms with E-state index in [0.29, 0.717) is 11.1 Å². The highest BCUT2D eigenvalue weighted by atomic mass is 16.5. The van der Waals surface area contributed by atoms with Crippen LogP contribution in [0, 0.1) is 11.8 Å². The Morgan fingerprint density at radius 3 is 2.85 bits per heavy atom. The number of methoxy groups -OCH3 is 1. The molecular formula is C23H20N4O6. The van der Waals surface area contributed by atoms with E-state index in [1.54, 1.807) is 24.4 Å². The van der Waals surface area contributed by atoms with Gasteiger partial charge in [-0.3, -0.25) is 14.9 Å². The maximum absolute atomic E-state index is 12.7. The van der Waals surface area contributed by atoms with Gasteiger partial charge in [0, 0.05) is 23.0 Å². The molecule has 1 aromatic carbocycles. The van der Waals surface area contributed by atoms with E-state index in [2.05, 4.69) is 27.8 Å². The number of hydrogen-bond acceptors (Lipinski definition) is 6. The highest BCUT2D eigenvalue weighted by Crippen LogP contribution is 2.32. The fourth-order valence-corrected chi connectivity index (χ4v) is 3.64. The Hall–Kier alpha value is -4.39. The predicted molar refractivity (Wildman–Crippen MR) is 116 cm³/mol. The molecule has 1 saturated heterocycles. The Bertz CT molecular complexity index is 1360. The molecule has 33 heavy (non-hydrogen) atoms. The first-order valence-corrected chi connectivity index (χ1v) is 10.3. The molecule has 5 rings (SSSR count). The number of urea groups is 1. The summed E-state index contributed by atoms with van der Waals surface area (Å²) in [5.41, 5.74) is -1.66. The van der Waals surface area contributed by atoms with Crippen molar-refractivity contribution in [2.45, 2.75) is 31.0 Å². The maximum atomic E-state index is 12.7. The molecule has 1 saturated carbocycles. The van der Waals surface area contributed by atoms with Crippen LogP contribution in [-0.2, 0) is 11.3 Å². The second kappa shape index (κ2) is 7.63. The Morgan fingerprint density at radius 1 is 1.33 bits per heavy atom. The van der Waals surface area contributed by atoms with Crippen LogP contribution in [0.5, 0.6) is 11.6 Å². The number of hydrogen-bond donors (Lipinski definition) is 4. The normalized spacial score (nSPS) is 19.5. The standard InChI is InChI=1S/C23H20N4O6/c1-32-16-5-2-13-11-27(20(29)17(13)10-16)12-23(21(30)25-22(31)26-23)9-8-15-6-7-18(33-15)19(28)24-14-3-4-14/h2,5-7,10-11,14,29H,3-4,12H2,1H3,(H,24,28)(H2,25,26,30,31)/t23-/m1/s1. The van der Waals surface area contributed by atoms with E-state index in [4.69, 9.17) is 9.15 Å². The lowest BCUT2D eigenvalue weighted by Crippen LogP contribution is -2.49. The number of fused-ring (bicyclic) bond motifs is 1. The van der Waals surface area contributed by atoms with Gasteiger partial charge in [-0.1, -0.05) is 5.92 Å². The van der Waals surface area contributed by atoms with Gasteiger partial charge < -0.3 is 29.5 Å². The number of aromatic nitrogens is 1. The number of carbonyl (C=O) groups is 3. The van der Waals surface area contributed by atoms with Crippen molar-refractivity contribution in [3.63, 3.8) is 0 Å². The number of carbonyl (C=O) groups excluding carboxylic acids is 3. The molecule has 3 aromatic rings. The van der Waals surface area contributed by atoms with Crippen LogP contribution in [0.1, 0.15) is 29.2 Å². The van der Waals surface area contributed by atoms with Crippen LogP contribution in [0.4, 0.5) is 4.79 Å². The Morgan fingerprint density at radius 2 is 2.15 bits per heavy atom. The topological polar surface area (TPSA) is 135 Å². The van der Waals surface area contributed by atoms with Crippen molar-refractivity contribution < 1.29 is 28.6 Å². The molecule has 4 amide bonds. The van der Waals surface area contributed by atoms with Gasteiger partial charge in [0.1, 0.15) is 5.75 Å². The Balaban J connectivity index is 1.46. The summed E-state index contributed by atoms with van der Waals surface area (Å²) in [6, 6.07) is 7.69. The van der Waals surface area contributed by atoms with Crippen molar-refractivity contribution in [2.75, 3.05) is 7.11 Å². The zero-order chi connectivity index (χ0) is 23.2. The molecule has 10 heteroatoms. The minimum atomic E-state index is -1.66. The van der Waals surface area contributed by atoms with Crippen LogP contribution in [0.2, 0.25) is 0 Å². The van der Waals surface area contributed by atoms with Crippen molar-refractivity contribution >= 4 is 28.6 Å². The smallest absolute Gasteiger partial charge is 0.323 e. The molecule has 1 atom stereocenters. The van der Waals surface area contributed by atoms with Crippen LogP contribution < -0.4 is 20.7 Å². The van der Waals surface area contributed by atoms with E-state index >= 15 is 0 Å². The quantitative estimate of drug-likeness (QED) is 0.345. The van der Waals surface area contributed by atoms with Crippen molar-refractivity contribution in [1.29, 1.82) is 0 Å². The molecule has 0 spiro atoms. The number of aromatic hydroxyl groups is 1. The van der Waals surface area contributed by atoms with E-state index < -0.39 is 17.5 Å². The number of rotatable bonds is 5. The molecule has 168 valence electrons. The fourth-order valence-electron chi connectivity index (χ4n) is 3.64. The number of ether oxygens (including phenoxy) is 1. The van der Waals surface area contributed by atoms with Crippen LogP contribution in [0.3, 0.4) is 0 Å². The number of furan rings is 1. The number of nitrogens with zero attached hydrogens (tertiary/aromatic N) is 1. The van der Waals surface area contributed by atoms with E-state index in [9.17, 15) is 19.5 Å². The third-order valence-corrected chi connectivity index (χ3v) is 5.56. The van der Waals surface area contributed by atoms with E-state index in [1.807, 2.05) is 0 Å². The van der Waals surface area contributed by atoms with Crippen LogP contribution >= 0.6 is 0 Å². The number of benzene rings is 1. The largest absolute Gasteiger partial charge is 0.497 e. The van der Waals surface area contributed by atoms with Gasteiger partial charge in [-0.25, -0.2) is 4.79 Å². The highest BCUT2D eigenvalue weighted by molar-refractivity contribution is 6.09. The summed E-state index contributed by atoms with van der Waals surface area (Å²) in [6.07, 6.45) is 3.55. The number of nitrogens with one attached hydrogen (secondary N) is 3. The SMILES string of the molecule is COc1ccc2cn(C[C@@]3(C#Cc4ccc(C(=O)NC5CC5)o4)NC(=O)NC3=O)c(O)c2c1. The lowest BCUT2D eigenvalue weighted by atomic mass is 10.0. The minimum Gasteiger partial charge on any atom is -0.497 e. The minimum absolute atomic E-state index is 0.101. The first-order valence-electron chi connectivity index (χ1n) is 10.3. The summed E-state index contributed by atoms with van der Waals surface area (Å²) in [5.74, 6) is 5.25. The third kappa shape index (κ3) is 3.85. The molecule has 2 aliphatic rings. The van der Waals surface area contributed by atoms with Crippen LogP contribution in [0.15, 0.2) is 40.9 Å². The van der Waals surface area contributed by atoms with Gasteiger partial charge in [0.15, 0.2) is 17.4 Å². The van der Waals surface area contributed by atoms with Crippen molar-refractivity contribution in [3.05, 3.63) is 48.0 Å². The third-order valence-electron chi connectivity index (χ3n) is 5.56. The zero-order valence-corrected chi connectivity index (χ0v) is 17.6. The predicted octanol–water partition coefficient (Wildman–Crippen LogP) is 1.47. The summed E-state index contributed by atoms with van der Waals surface area (Å²) < 4.78 is 12.1. The lowest BCUT2D eigenvalue weighted by molar-refractivity contribution is -0.122. The van der Waals surface area contributed by atoms with Gasteiger partial charge in [-0.15, -0.1) is 0 Å². The first-order chi connectivity index (χ1) is 15.9. The van der Waals surface area contributed by atoms with Crippen molar-refractivity contribution in [2.24, 2.45) is 0 Å². The molecule has 10 nitrogen and oxygen atoms in total. The van der Waals surface area contributed by atoms with Gasteiger partial charge in [-0.05, 0) is 49.1 Å². The van der Waals surface area contributed by atoms with Crippen molar-refractivity contribution in [3.8, 4) is 23.5 Å². The molecule has 1 aliphatic carbocycles. The van der Waals surface area contributed by atoms with E-state index in [0.717, 1.165) is 18.2 Å². The summed E-state index contributed by atoms with van der Waals surface area (Å²) >= 11 is 0. The molecule has 0 unspecified atom stereocenters. The van der Waals surface area contributed by atoms with E-state index in [1.165, 1.54) is 23.8 Å². The molecule has 0 bridgehead atoms. The highest BCUT2D eigenvalue weighted by Gasteiger charge is 2.46. The Labute approximate surface area is 187 Å². The van der Waals surface area contributed by atoms with Crippen molar-refractivity contribution in [1.82, 2.24) is 20.5 Å². The van der Waals surface area contributed by atoms with Gasteiger partial charge in [-0.2, -0.15) is 0 Å². The molecule has 1 aliphatic heterocycles. The van der Waals surface area contributed by atoms with Gasteiger partial charge in [0.25, 0.3) is 11.8 Å². The van der Waals surface area contributed by atoms with Gasteiger partial charge in [0.05, 0.1) is 13.7 Å². The van der Waals surface area contributed by atoms with Gasteiger partial charge >= 0.3 is 6.03 Å². The van der Waals surface area contributed by atoms with Crippen LogP contribution in [-0.4, -0.2) is 46.2 Å². The second-order valence-corrected chi connectivity index (χ2v) is 8.01. The monoisotopic (exact) mass is 448 g/mol. The number of amides is 4. The first kappa shape index (κ1) is 20.5. The summed E-state index contributed by atoms with van der Waals surface area (Å²) in [7, 11) is 1.52. The average Bonchev–Trinajstić information content (AvgIpc) is 3.27. The molecular weight excluding hydrogens is 428 g/mol. The summed E-state index contributed by atoms with van der Waals surface area (Å²) in [4.78, 5) is 36.8. The fraction of sp³-hybridized carbons (Fsp3) is 0.261. The van der Waals surface area contributed by atoms with Crippen LogP contribution in [0.25, 0.3) is 10.8 Å². The molecule has 4 N–H and O–H groups in total. The second-order valence-electron chi connectivity index (χ2n) is 8.01. The maximum Gasteiger partial charge on any atom is 0.323 e. The Kier molecular flexibility index (Phi) is 4.74. The zero-order valence-electron chi connectivity index (χ0n) is 17.6. The summed E-state index contributed by atoms with van der Waals surface area (Å²) in [5, 5.41) is 19.5. The molecule has 0 radical (unpaired) electrons. The van der Waals surface area contributed by atoms with E-state index in [-0.39, 0.29) is 35.9 Å². The molecule has 2 aromatic heterocycles. The molecule has 2 fully saturated rings.